The molecule has 0 aliphatic heterocycles. The highest BCUT2D eigenvalue weighted by atomic mass is 16.5. The van der Waals surface area contributed by atoms with Gasteiger partial charge in [0.15, 0.2) is 23.9 Å². The number of ketones is 1. The second-order valence-electron chi connectivity index (χ2n) is 4.99. The van der Waals surface area contributed by atoms with E-state index in [4.69, 9.17) is 14.7 Å². The summed E-state index contributed by atoms with van der Waals surface area (Å²) in [6, 6.07) is 12.4. The van der Waals surface area contributed by atoms with Crippen molar-refractivity contribution in [3.8, 4) is 17.6 Å². The molecule has 0 N–H and O–H groups in total. The van der Waals surface area contributed by atoms with Crippen molar-refractivity contribution < 1.29 is 14.3 Å². The van der Waals surface area contributed by atoms with E-state index in [1.807, 2.05) is 32.0 Å². The molecule has 0 aliphatic rings. The third-order valence-electron chi connectivity index (χ3n) is 3.48. The zero-order valence-corrected chi connectivity index (χ0v) is 12.8. The second kappa shape index (κ2) is 6.77. The smallest absolute Gasteiger partial charge is 0.200 e. The summed E-state index contributed by atoms with van der Waals surface area (Å²) in [6.07, 6.45) is 0. The lowest BCUT2D eigenvalue weighted by atomic mass is 10.0. The fraction of sp³-hybridized carbons (Fsp3) is 0.222. The number of benzene rings is 2. The van der Waals surface area contributed by atoms with Gasteiger partial charge < -0.3 is 9.47 Å². The first-order valence-electron chi connectivity index (χ1n) is 6.86. The summed E-state index contributed by atoms with van der Waals surface area (Å²) in [6.45, 7) is 3.89. The maximum Gasteiger partial charge on any atom is 0.200 e. The number of carbonyl (C=O) groups excluding carboxylic acids is 1. The number of aryl methyl sites for hydroxylation is 2. The first-order valence-corrected chi connectivity index (χ1v) is 6.86. The average molecular weight is 295 g/mol. The van der Waals surface area contributed by atoms with Crippen LogP contribution in [0.3, 0.4) is 0 Å². The fourth-order valence-corrected chi connectivity index (χ4v) is 2.00. The lowest BCUT2D eigenvalue weighted by Gasteiger charge is -2.11. The Morgan fingerprint density at radius 2 is 1.86 bits per heavy atom. The Bertz CT molecular complexity index is 744. The predicted octanol–water partition coefficient (Wildman–Crippen LogP) is 3.45. The maximum absolute atomic E-state index is 12.2. The Morgan fingerprint density at radius 3 is 2.50 bits per heavy atom. The van der Waals surface area contributed by atoms with E-state index in [1.165, 1.54) is 7.11 Å². The van der Waals surface area contributed by atoms with Crippen LogP contribution in [0.25, 0.3) is 0 Å². The summed E-state index contributed by atoms with van der Waals surface area (Å²) < 4.78 is 10.7. The Hall–Kier alpha value is -2.80. The molecule has 0 heterocycles. The number of methoxy groups -OCH3 is 1. The van der Waals surface area contributed by atoms with Gasteiger partial charge in [0.05, 0.1) is 18.7 Å². The summed E-state index contributed by atoms with van der Waals surface area (Å²) >= 11 is 0. The molecule has 0 saturated heterocycles. The topological polar surface area (TPSA) is 59.3 Å². The SMILES string of the molecule is COc1cc(C#N)ccc1OCC(=O)c1ccc(C)c(C)c1. The normalized spacial score (nSPS) is 9.91. The van der Waals surface area contributed by atoms with Crippen LogP contribution in [0.4, 0.5) is 0 Å². The van der Waals surface area contributed by atoms with E-state index in [0.717, 1.165) is 11.1 Å². The van der Waals surface area contributed by atoms with Gasteiger partial charge in [0.1, 0.15) is 0 Å². The Kier molecular flexibility index (Phi) is 4.80. The number of rotatable bonds is 5. The Morgan fingerprint density at radius 1 is 1.09 bits per heavy atom. The minimum absolute atomic E-state index is 0.0786. The van der Waals surface area contributed by atoms with Crippen LogP contribution in [0.5, 0.6) is 11.5 Å². The van der Waals surface area contributed by atoms with Crippen LogP contribution in [0.1, 0.15) is 27.0 Å². The molecule has 0 fully saturated rings. The average Bonchev–Trinajstić information content (AvgIpc) is 2.54. The number of carbonyl (C=O) groups is 1. The number of nitriles is 1. The molecule has 0 unspecified atom stereocenters. The van der Waals surface area contributed by atoms with Crippen LogP contribution in [0.15, 0.2) is 36.4 Å². The summed E-state index contributed by atoms with van der Waals surface area (Å²) in [4.78, 5) is 12.2. The molecule has 0 radical (unpaired) electrons. The largest absolute Gasteiger partial charge is 0.493 e. The minimum atomic E-state index is -0.102. The van der Waals surface area contributed by atoms with Crippen molar-refractivity contribution in [3.63, 3.8) is 0 Å². The van der Waals surface area contributed by atoms with Gasteiger partial charge in [-0.15, -0.1) is 0 Å². The van der Waals surface area contributed by atoms with Crippen LogP contribution in [0, 0.1) is 25.2 Å². The van der Waals surface area contributed by atoms with E-state index in [-0.39, 0.29) is 12.4 Å². The van der Waals surface area contributed by atoms with E-state index < -0.39 is 0 Å². The lowest BCUT2D eigenvalue weighted by Crippen LogP contribution is -2.12. The quantitative estimate of drug-likeness (QED) is 0.793. The fourth-order valence-electron chi connectivity index (χ4n) is 2.00. The molecule has 2 aromatic carbocycles. The third-order valence-corrected chi connectivity index (χ3v) is 3.48. The molecule has 4 heteroatoms. The molecule has 2 aromatic rings. The third kappa shape index (κ3) is 3.44. The maximum atomic E-state index is 12.2. The molecular formula is C18H17NO3. The van der Waals surface area contributed by atoms with Gasteiger partial charge in [-0.3, -0.25) is 4.79 Å². The molecule has 0 bridgehead atoms. The summed E-state index contributed by atoms with van der Waals surface area (Å²) in [7, 11) is 1.49. The summed E-state index contributed by atoms with van der Waals surface area (Å²) in [5, 5.41) is 8.86. The summed E-state index contributed by atoms with van der Waals surface area (Å²) in [5.41, 5.74) is 3.31. The molecule has 22 heavy (non-hydrogen) atoms. The molecular weight excluding hydrogens is 278 g/mol. The van der Waals surface area contributed by atoms with E-state index >= 15 is 0 Å². The van der Waals surface area contributed by atoms with Crippen LogP contribution < -0.4 is 9.47 Å². The van der Waals surface area contributed by atoms with Gasteiger partial charge in [-0.1, -0.05) is 12.1 Å². The van der Waals surface area contributed by atoms with Crippen LogP contribution in [-0.2, 0) is 0 Å². The van der Waals surface area contributed by atoms with Crippen molar-refractivity contribution in [2.24, 2.45) is 0 Å². The number of hydrogen-bond donors (Lipinski definition) is 0. The van der Waals surface area contributed by atoms with Crippen molar-refractivity contribution >= 4 is 5.78 Å². The highest BCUT2D eigenvalue weighted by molar-refractivity contribution is 5.97. The van der Waals surface area contributed by atoms with E-state index in [1.54, 1.807) is 24.3 Å². The van der Waals surface area contributed by atoms with E-state index in [0.29, 0.717) is 22.6 Å². The number of hydrogen-bond acceptors (Lipinski definition) is 4. The minimum Gasteiger partial charge on any atom is -0.493 e. The first-order chi connectivity index (χ1) is 10.5. The Labute approximate surface area is 129 Å². The van der Waals surface area contributed by atoms with Gasteiger partial charge in [-0.05, 0) is 43.2 Å². The molecule has 0 atom stereocenters. The molecule has 112 valence electrons. The van der Waals surface area contributed by atoms with Gasteiger partial charge in [0.2, 0.25) is 0 Å². The van der Waals surface area contributed by atoms with Crippen LogP contribution in [-0.4, -0.2) is 19.5 Å². The lowest BCUT2D eigenvalue weighted by molar-refractivity contribution is 0.0919. The van der Waals surface area contributed by atoms with E-state index in [9.17, 15) is 4.79 Å². The second-order valence-corrected chi connectivity index (χ2v) is 4.99. The number of nitrogens with zero attached hydrogens (tertiary/aromatic N) is 1. The van der Waals surface area contributed by atoms with Gasteiger partial charge in [-0.2, -0.15) is 5.26 Å². The monoisotopic (exact) mass is 295 g/mol. The molecule has 0 aromatic heterocycles. The molecule has 0 saturated carbocycles. The highest BCUT2D eigenvalue weighted by Crippen LogP contribution is 2.28. The van der Waals surface area contributed by atoms with Crippen LogP contribution >= 0.6 is 0 Å². The van der Waals surface area contributed by atoms with Crippen LogP contribution in [0.2, 0.25) is 0 Å². The van der Waals surface area contributed by atoms with Gasteiger partial charge in [0.25, 0.3) is 0 Å². The van der Waals surface area contributed by atoms with Crippen molar-refractivity contribution in [3.05, 3.63) is 58.7 Å². The van der Waals surface area contributed by atoms with E-state index in [2.05, 4.69) is 0 Å². The van der Waals surface area contributed by atoms with Crippen molar-refractivity contribution in [2.75, 3.05) is 13.7 Å². The Balaban J connectivity index is 2.11. The molecule has 0 spiro atoms. The zero-order valence-electron chi connectivity index (χ0n) is 12.8. The molecule has 4 nitrogen and oxygen atoms in total. The standard InChI is InChI=1S/C18H17NO3/c1-12-4-6-15(8-13(12)2)16(20)11-22-17-7-5-14(10-19)9-18(17)21-3/h4-9H,11H2,1-3H3. The summed E-state index contributed by atoms with van der Waals surface area (Å²) in [5.74, 6) is 0.778. The van der Waals surface area contributed by atoms with Crippen molar-refractivity contribution in [1.82, 2.24) is 0 Å². The zero-order chi connectivity index (χ0) is 16.1. The first kappa shape index (κ1) is 15.6. The highest BCUT2D eigenvalue weighted by Gasteiger charge is 2.11. The number of Topliss-reactive ketones (excluding diaryl/α,β-unsaturated/α-hetero) is 1. The van der Waals surface area contributed by atoms with Gasteiger partial charge in [0, 0.05) is 11.6 Å². The van der Waals surface area contributed by atoms with Crippen molar-refractivity contribution in [2.45, 2.75) is 13.8 Å². The number of ether oxygens (including phenoxy) is 2. The molecule has 0 aliphatic carbocycles. The predicted molar refractivity (Wildman–Crippen MR) is 83.5 cm³/mol. The molecule has 0 amide bonds. The van der Waals surface area contributed by atoms with Gasteiger partial charge >= 0.3 is 0 Å². The van der Waals surface area contributed by atoms with Crippen molar-refractivity contribution in [1.29, 1.82) is 5.26 Å². The van der Waals surface area contributed by atoms with Gasteiger partial charge in [-0.25, -0.2) is 0 Å². The molecule has 2 rings (SSSR count).